The number of halogens is 1. The summed E-state index contributed by atoms with van der Waals surface area (Å²) in [5, 5.41) is 15.8. The third kappa shape index (κ3) is 2.73. The lowest BCUT2D eigenvalue weighted by atomic mass is 10.1. The molecule has 0 saturated heterocycles. The van der Waals surface area contributed by atoms with Crippen molar-refractivity contribution in [3.8, 4) is 0 Å². The van der Waals surface area contributed by atoms with Crippen LogP contribution in [0.3, 0.4) is 0 Å². The van der Waals surface area contributed by atoms with E-state index in [0.29, 0.717) is 16.4 Å². The van der Waals surface area contributed by atoms with Gasteiger partial charge in [0.1, 0.15) is 5.15 Å². The maximum Gasteiger partial charge on any atom is 0.254 e. The molecule has 6 heteroatoms. The highest BCUT2D eigenvalue weighted by Crippen LogP contribution is 2.26. The third-order valence-electron chi connectivity index (χ3n) is 3.16. The van der Waals surface area contributed by atoms with E-state index in [1.807, 2.05) is 0 Å². The van der Waals surface area contributed by atoms with E-state index in [-0.39, 0.29) is 18.1 Å². The van der Waals surface area contributed by atoms with E-state index in [1.165, 1.54) is 6.20 Å². The monoisotopic (exact) mass is 269 g/mol. The van der Waals surface area contributed by atoms with Crippen LogP contribution in [-0.4, -0.2) is 35.2 Å². The molecule has 5 nitrogen and oxygen atoms in total. The standard InChI is InChI=1S/C12H16ClN3O2/c1-14-12(18)7-6-15-11(13)5-9(7)16-8-3-2-4-10(8)17/h5-6,8,10,17H,2-4H2,1H3,(H,14,18)(H,15,16). The summed E-state index contributed by atoms with van der Waals surface area (Å²) in [6, 6.07) is 1.57. The average molecular weight is 270 g/mol. The van der Waals surface area contributed by atoms with Gasteiger partial charge in [-0.05, 0) is 25.3 Å². The summed E-state index contributed by atoms with van der Waals surface area (Å²) in [4.78, 5) is 15.6. The first-order valence-electron chi connectivity index (χ1n) is 5.94. The molecule has 0 spiro atoms. The van der Waals surface area contributed by atoms with Crippen molar-refractivity contribution in [2.24, 2.45) is 0 Å². The Morgan fingerprint density at radius 3 is 2.94 bits per heavy atom. The van der Waals surface area contributed by atoms with Crippen LogP contribution in [0.4, 0.5) is 5.69 Å². The fraction of sp³-hybridized carbons (Fsp3) is 0.500. The molecule has 1 aromatic heterocycles. The smallest absolute Gasteiger partial charge is 0.254 e. The molecule has 1 aromatic rings. The Hall–Kier alpha value is -1.33. The number of pyridine rings is 1. The second-order valence-corrected chi connectivity index (χ2v) is 4.77. The van der Waals surface area contributed by atoms with Gasteiger partial charge in [-0.15, -0.1) is 0 Å². The molecule has 1 saturated carbocycles. The molecule has 2 rings (SSSR count). The van der Waals surface area contributed by atoms with E-state index in [1.54, 1.807) is 13.1 Å². The van der Waals surface area contributed by atoms with Crippen molar-refractivity contribution in [3.63, 3.8) is 0 Å². The molecule has 2 unspecified atom stereocenters. The number of anilines is 1. The fourth-order valence-corrected chi connectivity index (χ4v) is 2.33. The SMILES string of the molecule is CNC(=O)c1cnc(Cl)cc1NC1CCCC1O. The number of rotatable bonds is 3. The molecule has 1 aliphatic rings. The molecule has 1 aliphatic carbocycles. The predicted molar refractivity (Wildman–Crippen MR) is 69.9 cm³/mol. The molecule has 0 aliphatic heterocycles. The van der Waals surface area contributed by atoms with E-state index in [9.17, 15) is 9.90 Å². The molecule has 1 heterocycles. The fourth-order valence-electron chi connectivity index (χ4n) is 2.17. The Labute approximate surface area is 111 Å². The van der Waals surface area contributed by atoms with Gasteiger partial charge in [-0.3, -0.25) is 4.79 Å². The second kappa shape index (κ2) is 5.54. The molecular weight excluding hydrogens is 254 g/mol. The minimum atomic E-state index is -0.380. The zero-order chi connectivity index (χ0) is 13.1. The van der Waals surface area contributed by atoms with E-state index >= 15 is 0 Å². The van der Waals surface area contributed by atoms with E-state index in [4.69, 9.17) is 11.6 Å². The molecule has 1 amide bonds. The number of aliphatic hydroxyl groups is 1. The normalized spacial score (nSPS) is 22.8. The van der Waals surface area contributed by atoms with Gasteiger partial charge >= 0.3 is 0 Å². The summed E-state index contributed by atoms with van der Waals surface area (Å²) in [5.74, 6) is -0.228. The number of nitrogens with one attached hydrogen (secondary N) is 2. The van der Waals surface area contributed by atoms with Gasteiger partial charge in [-0.25, -0.2) is 4.98 Å². The largest absolute Gasteiger partial charge is 0.391 e. The van der Waals surface area contributed by atoms with Crippen LogP contribution < -0.4 is 10.6 Å². The number of amides is 1. The second-order valence-electron chi connectivity index (χ2n) is 4.38. The lowest BCUT2D eigenvalue weighted by molar-refractivity contribution is 0.0963. The van der Waals surface area contributed by atoms with E-state index in [0.717, 1.165) is 19.3 Å². The Morgan fingerprint density at radius 2 is 2.33 bits per heavy atom. The van der Waals surface area contributed by atoms with Crippen LogP contribution in [0.2, 0.25) is 5.15 Å². The van der Waals surface area contributed by atoms with Crippen LogP contribution in [-0.2, 0) is 0 Å². The van der Waals surface area contributed by atoms with E-state index in [2.05, 4.69) is 15.6 Å². The van der Waals surface area contributed by atoms with Crippen LogP contribution in [0.5, 0.6) is 0 Å². The lowest BCUT2D eigenvalue weighted by Crippen LogP contribution is -2.29. The molecule has 0 bridgehead atoms. The maximum atomic E-state index is 11.7. The summed E-state index contributed by atoms with van der Waals surface area (Å²) in [6.45, 7) is 0. The molecule has 98 valence electrons. The van der Waals surface area contributed by atoms with Gasteiger partial charge in [0.2, 0.25) is 0 Å². The number of nitrogens with zero attached hydrogens (tertiary/aromatic N) is 1. The highest BCUT2D eigenvalue weighted by Gasteiger charge is 2.26. The highest BCUT2D eigenvalue weighted by atomic mass is 35.5. The number of aromatic nitrogens is 1. The Bertz CT molecular complexity index is 453. The zero-order valence-corrected chi connectivity index (χ0v) is 10.9. The average Bonchev–Trinajstić information content (AvgIpc) is 2.74. The maximum absolute atomic E-state index is 11.7. The molecule has 3 N–H and O–H groups in total. The third-order valence-corrected chi connectivity index (χ3v) is 3.37. The van der Waals surface area contributed by atoms with Crippen molar-refractivity contribution in [3.05, 3.63) is 23.0 Å². The highest BCUT2D eigenvalue weighted by molar-refractivity contribution is 6.29. The van der Waals surface area contributed by atoms with Crippen molar-refractivity contribution in [1.29, 1.82) is 0 Å². The molecule has 1 fully saturated rings. The first-order valence-corrected chi connectivity index (χ1v) is 6.32. The van der Waals surface area contributed by atoms with E-state index < -0.39 is 0 Å². The number of hydrogen-bond acceptors (Lipinski definition) is 4. The Kier molecular flexibility index (Phi) is 4.04. The number of aliphatic hydroxyl groups excluding tert-OH is 1. The van der Waals surface area contributed by atoms with Gasteiger partial charge in [0.05, 0.1) is 23.4 Å². The molecular formula is C12H16ClN3O2. The predicted octanol–water partition coefficient (Wildman–Crippen LogP) is 1.42. The number of carbonyl (C=O) groups excluding carboxylic acids is 1. The van der Waals surface area contributed by atoms with Crippen molar-refractivity contribution < 1.29 is 9.90 Å². The van der Waals surface area contributed by atoms with Crippen LogP contribution in [0, 0.1) is 0 Å². The molecule has 2 atom stereocenters. The van der Waals surface area contributed by atoms with Gasteiger partial charge in [0.15, 0.2) is 0 Å². The van der Waals surface area contributed by atoms with Gasteiger partial charge < -0.3 is 15.7 Å². The van der Waals surface area contributed by atoms with Gasteiger partial charge in [0.25, 0.3) is 5.91 Å². The zero-order valence-electron chi connectivity index (χ0n) is 10.1. The lowest BCUT2D eigenvalue weighted by Gasteiger charge is -2.19. The quantitative estimate of drug-likeness (QED) is 0.726. The summed E-state index contributed by atoms with van der Waals surface area (Å²) in [7, 11) is 1.56. The summed E-state index contributed by atoms with van der Waals surface area (Å²) >= 11 is 5.84. The van der Waals surface area contributed by atoms with Gasteiger partial charge in [0, 0.05) is 13.2 Å². The van der Waals surface area contributed by atoms with Crippen molar-refractivity contribution in [1.82, 2.24) is 10.3 Å². The van der Waals surface area contributed by atoms with Gasteiger partial charge in [-0.1, -0.05) is 11.6 Å². The van der Waals surface area contributed by atoms with Crippen molar-refractivity contribution >= 4 is 23.2 Å². The number of carbonyl (C=O) groups is 1. The van der Waals surface area contributed by atoms with Crippen LogP contribution in [0.25, 0.3) is 0 Å². The topological polar surface area (TPSA) is 74.2 Å². The Morgan fingerprint density at radius 1 is 1.56 bits per heavy atom. The summed E-state index contributed by atoms with van der Waals surface area (Å²) < 4.78 is 0. The van der Waals surface area contributed by atoms with Crippen LogP contribution in [0.1, 0.15) is 29.6 Å². The summed E-state index contributed by atoms with van der Waals surface area (Å²) in [5.41, 5.74) is 1.04. The Balaban J connectivity index is 2.24. The number of hydrogen-bond donors (Lipinski definition) is 3. The van der Waals surface area contributed by atoms with Crippen LogP contribution in [0.15, 0.2) is 12.3 Å². The van der Waals surface area contributed by atoms with Crippen LogP contribution >= 0.6 is 11.6 Å². The molecule has 18 heavy (non-hydrogen) atoms. The molecule has 0 aromatic carbocycles. The van der Waals surface area contributed by atoms with Crippen molar-refractivity contribution in [2.75, 3.05) is 12.4 Å². The molecule has 0 radical (unpaired) electrons. The van der Waals surface area contributed by atoms with Gasteiger partial charge in [-0.2, -0.15) is 0 Å². The van der Waals surface area contributed by atoms with Crippen molar-refractivity contribution in [2.45, 2.75) is 31.4 Å². The minimum Gasteiger partial charge on any atom is -0.391 e. The minimum absolute atomic E-state index is 0.0353. The first kappa shape index (κ1) is 13.1. The summed E-state index contributed by atoms with van der Waals surface area (Å²) in [6.07, 6.45) is 3.70. The first-order chi connectivity index (χ1) is 8.61.